The highest BCUT2D eigenvalue weighted by molar-refractivity contribution is 5.82. The second kappa shape index (κ2) is 8.22. The van der Waals surface area contributed by atoms with Crippen LogP contribution >= 0.6 is 0 Å². The molecule has 0 N–H and O–H groups in total. The molecule has 1 aromatic rings. The zero-order chi connectivity index (χ0) is 15.8. The molecule has 1 amide bonds. The van der Waals surface area contributed by atoms with Crippen LogP contribution in [0.15, 0.2) is 42.0 Å². The lowest BCUT2D eigenvalue weighted by molar-refractivity contribution is -0.137. The summed E-state index contributed by atoms with van der Waals surface area (Å²) in [7, 11) is 0. The normalized spacial score (nSPS) is 14.4. The number of hydrogen-bond donors (Lipinski definition) is 0. The third kappa shape index (κ3) is 4.91. The van der Waals surface area contributed by atoms with Crippen molar-refractivity contribution in [2.45, 2.75) is 26.4 Å². The molecule has 0 atom stereocenters. The Kier molecular flexibility index (Phi) is 6.01. The molecular weight excluding hydrogens is 282 g/mol. The molecule has 1 aliphatic rings. The minimum Gasteiger partial charge on any atom is -0.463 e. The van der Waals surface area contributed by atoms with Gasteiger partial charge in [-0.05, 0) is 25.3 Å². The van der Waals surface area contributed by atoms with Crippen LogP contribution in [-0.2, 0) is 20.9 Å². The molecule has 1 aliphatic heterocycles. The smallest absolute Gasteiger partial charge is 0.410 e. The number of esters is 1. The number of rotatable bonds is 4. The van der Waals surface area contributed by atoms with Crippen LogP contribution in [0.3, 0.4) is 0 Å². The van der Waals surface area contributed by atoms with Crippen LogP contribution in [0, 0.1) is 0 Å². The number of nitrogens with zero attached hydrogens (tertiary/aromatic N) is 1. The quantitative estimate of drug-likeness (QED) is 0.634. The molecule has 118 valence electrons. The number of benzene rings is 1. The van der Waals surface area contributed by atoms with E-state index in [-0.39, 0.29) is 18.7 Å². The van der Waals surface area contributed by atoms with E-state index in [1.165, 1.54) is 6.08 Å². The van der Waals surface area contributed by atoms with Gasteiger partial charge in [0.25, 0.3) is 0 Å². The van der Waals surface area contributed by atoms with Crippen molar-refractivity contribution in [1.82, 2.24) is 4.90 Å². The summed E-state index contributed by atoms with van der Waals surface area (Å²) in [5.41, 5.74) is 1.99. The van der Waals surface area contributed by atoms with E-state index in [1.807, 2.05) is 30.3 Å². The van der Waals surface area contributed by atoms with Crippen molar-refractivity contribution in [3.8, 4) is 0 Å². The molecular formula is C17H21NO4. The van der Waals surface area contributed by atoms with Crippen molar-refractivity contribution in [3.05, 3.63) is 47.5 Å². The van der Waals surface area contributed by atoms with Gasteiger partial charge in [-0.15, -0.1) is 0 Å². The van der Waals surface area contributed by atoms with E-state index in [1.54, 1.807) is 11.8 Å². The standard InChI is InChI=1S/C17H21NO4/c1-2-21-16(19)12-14-8-10-18(11-9-14)17(20)22-13-15-6-4-3-5-7-15/h3-7,12H,2,8-11,13H2,1H3. The molecule has 1 heterocycles. The highest BCUT2D eigenvalue weighted by Gasteiger charge is 2.20. The number of likely N-dealkylation sites (tertiary alicyclic amines) is 1. The summed E-state index contributed by atoms with van der Waals surface area (Å²) in [6.07, 6.45) is 2.59. The van der Waals surface area contributed by atoms with Crippen molar-refractivity contribution in [2.75, 3.05) is 19.7 Å². The van der Waals surface area contributed by atoms with Gasteiger partial charge in [-0.2, -0.15) is 0 Å². The predicted molar refractivity (Wildman–Crippen MR) is 82.2 cm³/mol. The van der Waals surface area contributed by atoms with Gasteiger partial charge < -0.3 is 14.4 Å². The van der Waals surface area contributed by atoms with Crippen molar-refractivity contribution < 1.29 is 19.1 Å². The van der Waals surface area contributed by atoms with Gasteiger partial charge in [-0.1, -0.05) is 35.9 Å². The number of hydrogen-bond acceptors (Lipinski definition) is 4. The van der Waals surface area contributed by atoms with Gasteiger partial charge in [0.15, 0.2) is 0 Å². The summed E-state index contributed by atoms with van der Waals surface area (Å²) < 4.78 is 10.2. The molecule has 0 aromatic heterocycles. The summed E-state index contributed by atoms with van der Waals surface area (Å²) in [5.74, 6) is -0.308. The van der Waals surface area contributed by atoms with E-state index in [0.717, 1.165) is 11.1 Å². The Morgan fingerprint density at radius 1 is 1.14 bits per heavy atom. The number of carbonyl (C=O) groups is 2. The largest absolute Gasteiger partial charge is 0.463 e. The summed E-state index contributed by atoms with van der Waals surface area (Å²) in [5, 5.41) is 0. The Bertz CT molecular complexity index is 529. The number of piperidine rings is 1. The first-order valence-electron chi connectivity index (χ1n) is 7.51. The molecule has 5 nitrogen and oxygen atoms in total. The fourth-order valence-electron chi connectivity index (χ4n) is 2.28. The molecule has 5 heteroatoms. The van der Waals surface area contributed by atoms with Gasteiger partial charge >= 0.3 is 12.1 Å². The van der Waals surface area contributed by atoms with Crippen LogP contribution in [0.5, 0.6) is 0 Å². The lowest BCUT2D eigenvalue weighted by Crippen LogP contribution is -2.36. The van der Waals surface area contributed by atoms with E-state index >= 15 is 0 Å². The molecule has 2 rings (SSSR count). The van der Waals surface area contributed by atoms with E-state index in [0.29, 0.717) is 32.5 Å². The Morgan fingerprint density at radius 2 is 1.82 bits per heavy atom. The van der Waals surface area contributed by atoms with Crippen LogP contribution in [0.25, 0.3) is 0 Å². The molecule has 0 radical (unpaired) electrons. The maximum Gasteiger partial charge on any atom is 0.410 e. The molecule has 22 heavy (non-hydrogen) atoms. The Hall–Kier alpha value is -2.30. The molecule has 0 bridgehead atoms. The van der Waals surface area contributed by atoms with Crippen LogP contribution in [0.4, 0.5) is 4.79 Å². The third-order valence-corrected chi connectivity index (χ3v) is 3.48. The van der Waals surface area contributed by atoms with E-state index in [9.17, 15) is 9.59 Å². The van der Waals surface area contributed by atoms with Crippen molar-refractivity contribution in [2.24, 2.45) is 0 Å². The lowest BCUT2D eigenvalue weighted by Gasteiger charge is -2.27. The third-order valence-electron chi connectivity index (χ3n) is 3.48. The number of amides is 1. The maximum absolute atomic E-state index is 12.0. The fraction of sp³-hybridized carbons (Fsp3) is 0.412. The van der Waals surface area contributed by atoms with E-state index in [4.69, 9.17) is 9.47 Å². The average Bonchev–Trinajstić information content (AvgIpc) is 2.54. The van der Waals surface area contributed by atoms with E-state index < -0.39 is 0 Å². The summed E-state index contributed by atoms with van der Waals surface area (Å²) in [6, 6.07) is 9.59. The Labute approximate surface area is 130 Å². The highest BCUT2D eigenvalue weighted by Crippen LogP contribution is 2.17. The van der Waals surface area contributed by atoms with E-state index in [2.05, 4.69) is 0 Å². The first-order valence-corrected chi connectivity index (χ1v) is 7.51. The first kappa shape index (κ1) is 16.1. The van der Waals surface area contributed by atoms with Gasteiger partial charge in [0.2, 0.25) is 0 Å². The molecule has 0 spiro atoms. The minimum atomic E-state index is -0.308. The maximum atomic E-state index is 12.0. The zero-order valence-electron chi connectivity index (χ0n) is 12.8. The summed E-state index contributed by atoms with van der Waals surface area (Å²) in [4.78, 5) is 25.0. The Balaban J connectivity index is 1.76. The Morgan fingerprint density at radius 3 is 2.45 bits per heavy atom. The second-order valence-electron chi connectivity index (χ2n) is 5.08. The molecule has 0 aliphatic carbocycles. The minimum absolute atomic E-state index is 0.279. The monoisotopic (exact) mass is 303 g/mol. The van der Waals surface area contributed by atoms with Gasteiger partial charge in [-0.25, -0.2) is 9.59 Å². The van der Waals surface area contributed by atoms with Crippen molar-refractivity contribution in [1.29, 1.82) is 0 Å². The average molecular weight is 303 g/mol. The topological polar surface area (TPSA) is 55.8 Å². The van der Waals surface area contributed by atoms with Crippen LogP contribution in [0.1, 0.15) is 25.3 Å². The van der Waals surface area contributed by atoms with Gasteiger partial charge in [0.05, 0.1) is 6.61 Å². The molecule has 1 aromatic carbocycles. The first-order chi connectivity index (χ1) is 10.7. The molecule has 1 fully saturated rings. The van der Waals surface area contributed by atoms with Crippen molar-refractivity contribution >= 4 is 12.1 Å². The van der Waals surface area contributed by atoms with Crippen molar-refractivity contribution in [3.63, 3.8) is 0 Å². The van der Waals surface area contributed by atoms with Gasteiger partial charge in [-0.3, -0.25) is 0 Å². The van der Waals surface area contributed by atoms with Crippen LogP contribution < -0.4 is 0 Å². The summed E-state index contributed by atoms with van der Waals surface area (Å²) in [6.45, 7) is 3.57. The second-order valence-corrected chi connectivity index (χ2v) is 5.08. The number of ether oxygens (including phenoxy) is 2. The summed E-state index contributed by atoms with van der Waals surface area (Å²) >= 11 is 0. The van der Waals surface area contributed by atoms with Crippen LogP contribution in [-0.4, -0.2) is 36.7 Å². The number of carbonyl (C=O) groups excluding carboxylic acids is 2. The molecule has 0 unspecified atom stereocenters. The van der Waals surface area contributed by atoms with Crippen LogP contribution in [0.2, 0.25) is 0 Å². The van der Waals surface area contributed by atoms with Gasteiger partial charge in [0.1, 0.15) is 6.61 Å². The highest BCUT2D eigenvalue weighted by atomic mass is 16.6. The predicted octanol–water partition coefficient (Wildman–Crippen LogP) is 2.91. The van der Waals surface area contributed by atoms with Gasteiger partial charge in [0, 0.05) is 19.2 Å². The zero-order valence-corrected chi connectivity index (χ0v) is 12.8. The fourth-order valence-corrected chi connectivity index (χ4v) is 2.28. The molecule has 1 saturated heterocycles. The molecule has 0 saturated carbocycles. The lowest BCUT2D eigenvalue weighted by atomic mass is 10.0. The SMILES string of the molecule is CCOC(=O)C=C1CCN(C(=O)OCc2ccccc2)CC1.